The second-order valence-electron chi connectivity index (χ2n) is 6.27. The van der Waals surface area contributed by atoms with Gasteiger partial charge in [0.25, 0.3) is 5.91 Å². The van der Waals surface area contributed by atoms with Crippen LogP contribution in [-0.4, -0.2) is 24.0 Å². The van der Waals surface area contributed by atoms with Gasteiger partial charge < -0.3 is 15.5 Å². The van der Waals surface area contributed by atoms with Crippen LogP contribution in [0.15, 0.2) is 67.0 Å². The Labute approximate surface area is 170 Å². The number of nitrogens with one attached hydrogen (secondary N) is 2. The highest BCUT2D eigenvalue weighted by Crippen LogP contribution is 2.22. The quantitative estimate of drug-likeness (QED) is 0.549. The number of benzene rings is 2. The molecule has 0 unspecified atom stereocenters. The lowest BCUT2D eigenvalue weighted by Crippen LogP contribution is -2.21. The van der Waals surface area contributed by atoms with Crippen molar-refractivity contribution in [3.63, 3.8) is 0 Å². The van der Waals surface area contributed by atoms with Gasteiger partial charge in [0.2, 0.25) is 0 Å². The lowest BCUT2D eigenvalue weighted by Gasteiger charge is -2.21. The summed E-state index contributed by atoms with van der Waals surface area (Å²) in [5, 5.41) is 6.76. The van der Waals surface area contributed by atoms with Crippen molar-refractivity contribution in [1.29, 1.82) is 0 Å². The van der Waals surface area contributed by atoms with Crippen molar-refractivity contribution in [2.45, 2.75) is 13.8 Å². The van der Waals surface area contributed by atoms with E-state index >= 15 is 0 Å². The number of aromatic nitrogens is 1. The molecule has 5 nitrogen and oxygen atoms in total. The Bertz CT molecular complexity index is 922. The monoisotopic (exact) mass is 394 g/mol. The number of pyridine rings is 1. The van der Waals surface area contributed by atoms with Crippen LogP contribution in [0.3, 0.4) is 0 Å². The molecule has 0 bridgehead atoms. The molecule has 0 atom stereocenters. The number of rotatable bonds is 7. The number of halogens is 1. The molecule has 3 aromatic rings. The summed E-state index contributed by atoms with van der Waals surface area (Å²) >= 11 is 5.87. The van der Waals surface area contributed by atoms with Crippen LogP contribution in [-0.2, 0) is 0 Å². The van der Waals surface area contributed by atoms with E-state index in [0.29, 0.717) is 16.3 Å². The normalized spacial score (nSPS) is 10.4. The minimum atomic E-state index is -0.227. The molecule has 0 saturated heterocycles. The van der Waals surface area contributed by atoms with Gasteiger partial charge in [0.15, 0.2) is 0 Å². The first-order valence-electron chi connectivity index (χ1n) is 9.23. The first kappa shape index (κ1) is 19.7. The Morgan fingerprint density at radius 1 is 0.929 bits per heavy atom. The second kappa shape index (κ2) is 9.24. The summed E-state index contributed by atoms with van der Waals surface area (Å²) in [6.45, 7) is 6.22. The van der Waals surface area contributed by atoms with Gasteiger partial charge >= 0.3 is 0 Å². The maximum atomic E-state index is 12.5. The molecule has 1 aromatic heterocycles. The summed E-state index contributed by atoms with van der Waals surface area (Å²) < 4.78 is 0. The van der Waals surface area contributed by atoms with Crippen LogP contribution >= 0.6 is 11.6 Å². The SMILES string of the molecule is CCN(CC)c1ccc(Nc2cncc(C(=O)Nc3ccc(Cl)cc3)c2)cc1. The van der Waals surface area contributed by atoms with Crippen LogP contribution in [0.4, 0.5) is 22.7 Å². The predicted octanol–water partition coefficient (Wildman–Crippen LogP) is 5.58. The van der Waals surface area contributed by atoms with E-state index in [0.717, 1.165) is 24.5 Å². The van der Waals surface area contributed by atoms with Crippen molar-refractivity contribution in [3.05, 3.63) is 77.6 Å². The maximum absolute atomic E-state index is 12.5. The van der Waals surface area contributed by atoms with Gasteiger partial charge in [-0.2, -0.15) is 0 Å². The lowest BCUT2D eigenvalue weighted by molar-refractivity contribution is 0.102. The molecule has 6 heteroatoms. The molecule has 0 aliphatic heterocycles. The van der Waals surface area contributed by atoms with Gasteiger partial charge in [0, 0.05) is 41.4 Å². The Balaban J connectivity index is 1.69. The summed E-state index contributed by atoms with van der Waals surface area (Å²) in [5.41, 5.74) is 4.02. The summed E-state index contributed by atoms with van der Waals surface area (Å²) in [4.78, 5) is 18.9. The zero-order valence-electron chi connectivity index (χ0n) is 15.9. The van der Waals surface area contributed by atoms with E-state index in [-0.39, 0.29) is 5.91 Å². The number of nitrogens with zero attached hydrogens (tertiary/aromatic N) is 2. The fourth-order valence-electron chi connectivity index (χ4n) is 2.88. The lowest BCUT2D eigenvalue weighted by atomic mass is 10.2. The molecule has 0 aliphatic carbocycles. The summed E-state index contributed by atoms with van der Waals surface area (Å²) in [5.74, 6) is -0.227. The molecule has 2 N–H and O–H groups in total. The number of carbonyl (C=O) groups is 1. The zero-order valence-corrected chi connectivity index (χ0v) is 16.7. The Hall–Kier alpha value is -3.05. The molecule has 0 aliphatic rings. The fourth-order valence-corrected chi connectivity index (χ4v) is 3.01. The number of anilines is 4. The van der Waals surface area contributed by atoms with E-state index < -0.39 is 0 Å². The molecule has 0 fully saturated rings. The van der Waals surface area contributed by atoms with E-state index in [1.165, 1.54) is 5.69 Å². The summed E-state index contributed by atoms with van der Waals surface area (Å²) in [6.07, 6.45) is 3.23. The van der Waals surface area contributed by atoms with Crippen LogP contribution in [0.25, 0.3) is 0 Å². The van der Waals surface area contributed by atoms with Crippen LogP contribution in [0, 0.1) is 0 Å². The molecule has 2 aromatic carbocycles. The van der Waals surface area contributed by atoms with E-state index in [1.807, 2.05) is 12.1 Å². The predicted molar refractivity (Wildman–Crippen MR) is 117 cm³/mol. The van der Waals surface area contributed by atoms with Crippen molar-refractivity contribution in [2.24, 2.45) is 0 Å². The van der Waals surface area contributed by atoms with Crippen molar-refractivity contribution in [2.75, 3.05) is 28.6 Å². The van der Waals surface area contributed by atoms with Crippen LogP contribution < -0.4 is 15.5 Å². The average Bonchev–Trinajstić information content (AvgIpc) is 2.72. The minimum absolute atomic E-state index is 0.227. The van der Waals surface area contributed by atoms with Gasteiger partial charge in [0.1, 0.15) is 0 Å². The topological polar surface area (TPSA) is 57.3 Å². The fraction of sp³-hybridized carbons (Fsp3) is 0.182. The number of amides is 1. The van der Waals surface area contributed by atoms with Crippen molar-refractivity contribution < 1.29 is 4.79 Å². The Morgan fingerprint density at radius 3 is 2.21 bits per heavy atom. The first-order valence-corrected chi connectivity index (χ1v) is 9.61. The van der Waals surface area contributed by atoms with E-state index in [2.05, 4.69) is 46.5 Å². The van der Waals surface area contributed by atoms with Gasteiger partial charge in [-0.3, -0.25) is 9.78 Å². The average molecular weight is 395 g/mol. The molecule has 144 valence electrons. The standard InChI is InChI=1S/C22H23ClN4O/c1-3-27(4-2)21-11-9-18(10-12-21)25-20-13-16(14-24-15-20)22(28)26-19-7-5-17(23)6-8-19/h5-15,25H,3-4H2,1-2H3,(H,26,28). The minimum Gasteiger partial charge on any atom is -0.372 e. The highest BCUT2D eigenvalue weighted by Gasteiger charge is 2.08. The van der Waals surface area contributed by atoms with Crippen LogP contribution in [0.1, 0.15) is 24.2 Å². The van der Waals surface area contributed by atoms with E-state index in [4.69, 9.17) is 11.6 Å². The summed E-state index contributed by atoms with van der Waals surface area (Å²) in [7, 11) is 0. The summed E-state index contributed by atoms with van der Waals surface area (Å²) in [6, 6.07) is 17.0. The smallest absolute Gasteiger partial charge is 0.257 e. The van der Waals surface area contributed by atoms with Crippen molar-refractivity contribution >= 4 is 40.3 Å². The van der Waals surface area contributed by atoms with Crippen molar-refractivity contribution in [3.8, 4) is 0 Å². The van der Waals surface area contributed by atoms with Gasteiger partial charge in [-0.15, -0.1) is 0 Å². The Morgan fingerprint density at radius 2 is 1.57 bits per heavy atom. The number of carbonyl (C=O) groups excluding carboxylic acids is 1. The third-order valence-electron chi connectivity index (χ3n) is 4.39. The first-order chi connectivity index (χ1) is 13.6. The third-order valence-corrected chi connectivity index (χ3v) is 4.64. The van der Waals surface area contributed by atoms with E-state index in [9.17, 15) is 4.79 Å². The Kier molecular flexibility index (Phi) is 6.50. The molecule has 28 heavy (non-hydrogen) atoms. The van der Waals surface area contributed by atoms with Crippen LogP contribution in [0.2, 0.25) is 5.02 Å². The zero-order chi connectivity index (χ0) is 19.9. The van der Waals surface area contributed by atoms with E-state index in [1.54, 1.807) is 42.7 Å². The third kappa shape index (κ3) is 5.02. The highest BCUT2D eigenvalue weighted by atomic mass is 35.5. The molecule has 1 amide bonds. The molecule has 0 saturated carbocycles. The van der Waals surface area contributed by atoms with Gasteiger partial charge in [-0.05, 0) is 68.4 Å². The van der Waals surface area contributed by atoms with Gasteiger partial charge in [-0.25, -0.2) is 0 Å². The van der Waals surface area contributed by atoms with Crippen LogP contribution in [0.5, 0.6) is 0 Å². The van der Waals surface area contributed by atoms with Gasteiger partial charge in [0.05, 0.1) is 17.4 Å². The molecule has 3 rings (SSSR count). The highest BCUT2D eigenvalue weighted by molar-refractivity contribution is 6.30. The molecule has 0 spiro atoms. The maximum Gasteiger partial charge on any atom is 0.257 e. The molecule has 1 heterocycles. The molecule has 0 radical (unpaired) electrons. The molecular formula is C22H23ClN4O. The number of hydrogen-bond acceptors (Lipinski definition) is 4. The van der Waals surface area contributed by atoms with Crippen molar-refractivity contribution in [1.82, 2.24) is 4.98 Å². The van der Waals surface area contributed by atoms with Gasteiger partial charge in [-0.1, -0.05) is 11.6 Å². The second-order valence-corrected chi connectivity index (χ2v) is 6.70. The molecular weight excluding hydrogens is 372 g/mol. The number of hydrogen-bond donors (Lipinski definition) is 2. The largest absolute Gasteiger partial charge is 0.372 e.